The van der Waals surface area contributed by atoms with Crippen molar-refractivity contribution in [2.24, 2.45) is 0 Å². The molecule has 0 unspecified atom stereocenters. The summed E-state index contributed by atoms with van der Waals surface area (Å²) in [5.74, 6) is 0.960. The van der Waals surface area contributed by atoms with Crippen molar-refractivity contribution < 1.29 is 4.79 Å². The monoisotopic (exact) mass is 233 g/mol. The maximum atomic E-state index is 11.0. The first-order valence-corrected chi connectivity index (χ1v) is 5.99. The van der Waals surface area contributed by atoms with Crippen LogP contribution in [0.2, 0.25) is 0 Å². The standard InChI is InChI=1S/C13H19N3O/c1-10-11(6-7-13(14-10)15(2)3)12-5-4-8-16(12)9-17/h6-7,9,12H,4-5,8H2,1-3H3/t12-/m1/s1. The predicted octanol–water partition coefficient (Wildman–Crippen LogP) is 1.75. The van der Waals surface area contributed by atoms with Crippen LogP contribution in [0.3, 0.4) is 0 Å². The van der Waals surface area contributed by atoms with Crippen molar-refractivity contribution >= 4 is 12.2 Å². The van der Waals surface area contributed by atoms with Gasteiger partial charge in [0.05, 0.1) is 6.04 Å². The summed E-state index contributed by atoms with van der Waals surface area (Å²) in [4.78, 5) is 19.4. The molecule has 4 nitrogen and oxygen atoms in total. The molecule has 1 atom stereocenters. The molecule has 0 spiro atoms. The minimum absolute atomic E-state index is 0.219. The third-order valence-electron chi connectivity index (χ3n) is 3.36. The Hall–Kier alpha value is -1.58. The highest BCUT2D eigenvalue weighted by Gasteiger charge is 2.26. The van der Waals surface area contributed by atoms with Crippen LogP contribution >= 0.6 is 0 Å². The van der Waals surface area contributed by atoms with E-state index >= 15 is 0 Å². The van der Waals surface area contributed by atoms with Crippen LogP contribution in [0.25, 0.3) is 0 Å². The Labute approximate surface area is 102 Å². The zero-order valence-corrected chi connectivity index (χ0v) is 10.7. The number of carbonyl (C=O) groups excluding carboxylic acids is 1. The van der Waals surface area contributed by atoms with Gasteiger partial charge < -0.3 is 9.80 Å². The highest BCUT2D eigenvalue weighted by atomic mass is 16.1. The zero-order valence-electron chi connectivity index (χ0n) is 10.7. The van der Waals surface area contributed by atoms with Crippen molar-refractivity contribution in [3.05, 3.63) is 23.4 Å². The number of rotatable bonds is 3. The molecule has 1 aromatic rings. The van der Waals surface area contributed by atoms with Gasteiger partial charge in [-0.05, 0) is 31.4 Å². The summed E-state index contributed by atoms with van der Waals surface area (Å²) in [6, 6.07) is 4.34. The summed E-state index contributed by atoms with van der Waals surface area (Å²) in [6.45, 7) is 2.88. The average Bonchev–Trinajstić information content (AvgIpc) is 2.76. The van der Waals surface area contributed by atoms with Crippen LogP contribution in [0.4, 0.5) is 5.82 Å². The maximum Gasteiger partial charge on any atom is 0.210 e. The minimum atomic E-state index is 0.219. The van der Waals surface area contributed by atoms with Crippen LogP contribution in [-0.2, 0) is 4.79 Å². The van der Waals surface area contributed by atoms with Gasteiger partial charge in [0.2, 0.25) is 6.41 Å². The SMILES string of the molecule is Cc1nc(N(C)C)ccc1[C@H]1CCCN1C=O. The summed E-state index contributed by atoms with van der Waals surface area (Å²) in [5, 5.41) is 0. The van der Waals surface area contributed by atoms with Gasteiger partial charge in [-0.1, -0.05) is 6.07 Å². The van der Waals surface area contributed by atoms with Gasteiger partial charge in [0.15, 0.2) is 0 Å². The number of pyridine rings is 1. The largest absolute Gasteiger partial charge is 0.363 e. The molecular formula is C13H19N3O. The van der Waals surface area contributed by atoms with Crippen LogP contribution in [-0.4, -0.2) is 36.9 Å². The summed E-state index contributed by atoms with van der Waals surface area (Å²) >= 11 is 0. The Balaban J connectivity index is 2.30. The van der Waals surface area contributed by atoms with Gasteiger partial charge >= 0.3 is 0 Å². The number of hydrogen-bond donors (Lipinski definition) is 0. The van der Waals surface area contributed by atoms with Gasteiger partial charge in [0.25, 0.3) is 0 Å². The van der Waals surface area contributed by atoms with E-state index < -0.39 is 0 Å². The molecule has 0 bridgehead atoms. The number of hydrogen-bond acceptors (Lipinski definition) is 3. The lowest BCUT2D eigenvalue weighted by atomic mass is 10.0. The van der Waals surface area contributed by atoms with E-state index in [1.165, 1.54) is 5.56 Å². The molecule has 1 aliphatic heterocycles. The van der Waals surface area contributed by atoms with Crippen molar-refractivity contribution in [3.8, 4) is 0 Å². The highest BCUT2D eigenvalue weighted by Crippen LogP contribution is 2.32. The van der Waals surface area contributed by atoms with E-state index in [0.717, 1.165) is 37.3 Å². The zero-order chi connectivity index (χ0) is 12.4. The van der Waals surface area contributed by atoms with Gasteiger partial charge in [-0.3, -0.25) is 4.79 Å². The first-order valence-electron chi connectivity index (χ1n) is 5.99. The second-order valence-corrected chi connectivity index (χ2v) is 4.74. The van der Waals surface area contributed by atoms with Crippen LogP contribution in [0.5, 0.6) is 0 Å². The lowest BCUT2D eigenvalue weighted by molar-refractivity contribution is -0.118. The molecule has 4 heteroatoms. The topological polar surface area (TPSA) is 36.4 Å². The Bertz CT molecular complexity index is 417. The first-order chi connectivity index (χ1) is 8.13. The Morgan fingerprint density at radius 1 is 1.47 bits per heavy atom. The molecule has 0 aliphatic carbocycles. The van der Waals surface area contributed by atoms with Gasteiger partial charge in [-0.25, -0.2) is 4.98 Å². The Kier molecular flexibility index (Phi) is 3.31. The molecule has 1 fully saturated rings. The van der Waals surface area contributed by atoms with Crippen LogP contribution in [0.1, 0.15) is 30.1 Å². The van der Waals surface area contributed by atoms with Crippen molar-refractivity contribution in [2.75, 3.05) is 25.5 Å². The van der Waals surface area contributed by atoms with Crippen molar-refractivity contribution in [3.63, 3.8) is 0 Å². The Morgan fingerprint density at radius 3 is 2.82 bits per heavy atom. The third kappa shape index (κ3) is 2.25. The smallest absolute Gasteiger partial charge is 0.210 e. The molecule has 0 N–H and O–H groups in total. The lowest BCUT2D eigenvalue weighted by Gasteiger charge is -2.22. The summed E-state index contributed by atoms with van der Waals surface area (Å²) < 4.78 is 0. The van der Waals surface area contributed by atoms with Gasteiger partial charge in [-0.15, -0.1) is 0 Å². The predicted molar refractivity (Wildman–Crippen MR) is 68.0 cm³/mol. The second kappa shape index (κ2) is 4.73. The van der Waals surface area contributed by atoms with Crippen molar-refractivity contribution in [2.45, 2.75) is 25.8 Å². The Morgan fingerprint density at radius 2 is 2.24 bits per heavy atom. The molecule has 1 saturated heterocycles. The van der Waals surface area contributed by atoms with E-state index in [-0.39, 0.29) is 6.04 Å². The fourth-order valence-electron chi connectivity index (χ4n) is 2.41. The lowest BCUT2D eigenvalue weighted by Crippen LogP contribution is -2.22. The van der Waals surface area contributed by atoms with E-state index in [1.807, 2.05) is 36.9 Å². The van der Waals surface area contributed by atoms with Crippen molar-refractivity contribution in [1.82, 2.24) is 9.88 Å². The normalized spacial score (nSPS) is 19.5. The molecular weight excluding hydrogens is 214 g/mol. The fourth-order valence-corrected chi connectivity index (χ4v) is 2.41. The van der Waals surface area contributed by atoms with E-state index in [4.69, 9.17) is 0 Å². The summed E-state index contributed by atoms with van der Waals surface area (Å²) in [5.41, 5.74) is 2.20. The molecule has 1 aromatic heterocycles. The second-order valence-electron chi connectivity index (χ2n) is 4.74. The number of aryl methyl sites for hydroxylation is 1. The number of likely N-dealkylation sites (tertiary alicyclic amines) is 1. The number of nitrogens with zero attached hydrogens (tertiary/aromatic N) is 3. The minimum Gasteiger partial charge on any atom is -0.363 e. The summed E-state index contributed by atoms with van der Waals surface area (Å²) in [7, 11) is 3.96. The average molecular weight is 233 g/mol. The van der Waals surface area contributed by atoms with Crippen molar-refractivity contribution in [1.29, 1.82) is 0 Å². The third-order valence-corrected chi connectivity index (χ3v) is 3.36. The number of carbonyl (C=O) groups is 1. The number of anilines is 1. The van der Waals surface area contributed by atoms with E-state index in [2.05, 4.69) is 11.1 Å². The van der Waals surface area contributed by atoms with Crippen LogP contribution in [0.15, 0.2) is 12.1 Å². The van der Waals surface area contributed by atoms with Gasteiger partial charge in [0, 0.05) is 26.3 Å². The van der Waals surface area contributed by atoms with Crippen LogP contribution in [0, 0.1) is 6.92 Å². The molecule has 17 heavy (non-hydrogen) atoms. The molecule has 2 rings (SSSR count). The molecule has 1 aliphatic rings. The molecule has 1 amide bonds. The molecule has 0 saturated carbocycles. The molecule has 0 radical (unpaired) electrons. The molecule has 0 aromatic carbocycles. The number of aromatic nitrogens is 1. The van der Waals surface area contributed by atoms with Gasteiger partial charge in [-0.2, -0.15) is 0 Å². The molecule has 2 heterocycles. The van der Waals surface area contributed by atoms with Gasteiger partial charge in [0.1, 0.15) is 5.82 Å². The summed E-state index contributed by atoms with van der Waals surface area (Å²) in [6.07, 6.45) is 3.08. The van der Waals surface area contributed by atoms with E-state index in [0.29, 0.717) is 0 Å². The van der Waals surface area contributed by atoms with Crippen LogP contribution < -0.4 is 4.90 Å². The maximum absolute atomic E-state index is 11.0. The molecule has 92 valence electrons. The van der Waals surface area contributed by atoms with E-state index in [9.17, 15) is 4.79 Å². The van der Waals surface area contributed by atoms with E-state index in [1.54, 1.807) is 0 Å². The fraction of sp³-hybridized carbons (Fsp3) is 0.538. The highest BCUT2D eigenvalue weighted by molar-refractivity contribution is 5.50. The number of amides is 1. The first kappa shape index (κ1) is 11.9. The quantitative estimate of drug-likeness (QED) is 0.746.